The molecule has 0 aliphatic carbocycles. The molecule has 4 aliphatic heterocycles. The van der Waals surface area contributed by atoms with Crippen molar-refractivity contribution in [2.24, 2.45) is 4.99 Å². The summed E-state index contributed by atoms with van der Waals surface area (Å²) in [6.07, 6.45) is 4.99. The molecule has 9 rings (SSSR count). The second kappa shape index (κ2) is 22.2. The van der Waals surface area contributed by atoms with Crippen LogP contribution in [0.25, 0.3) is 0 Å². The molecule has 0 saturated carbocycles. The summed E-state index contributed by atoms with van der Waals surface area (Å²) in [6, 6.07) is 24.0. The van der Waals surface area contributed by atoms with E-state index in [9.17, 15) is 37.2 Å². The Balaban J connectivity index is 0.959. The Bertz CT molecular complexity index is 3290. The van der Waals surface area contributed by atoms with Crippen molar-refractivity contribution in [1.29, 1.82) is 0 Å². The standard InChI is InChI=1S/C55H57N7O13S/c1-31(58-50(63)16-10-11-17-51(64)72-4)52(65)59-32(2)53(66)60-37-19-33(29-73-47-25-42-40(23-46(47)71-3)54(67)61-38(27-56-42)21-35-12-6-8-14-44(35)61)18-34(20-37)30-74-48-26-43-41(24-49(48)75-76(5,69)70)55(68)62-39(28-57-43)22-36-13-7-9-15-45(36)62/h6-9,12-15,18-20,23-27,31-32,38-39,57H,10-11,16-17,21-22,28-30H2,1-5H3,(H,58,63)(H,59,65)(H,60,66)/t31-,32-,38-,39-/m0/s1. The molecule has 4 N–H and O–H groups in total. The highest BCUT2D eigenvalue weighted by Crippen LogP contribution is 2.43. The molecule has 76 heavy (non-hydrogen) atoms. The highest BCUT2D eigenvalue weighted by atomic mass is 32.2. The van der Waals surface area contributed by atoms with E-state index in [1.807, 2.05) is 48.5 Å². The van der Waals surface area contributed by atoms with Crippen LogP contribution in [0.5, 0.6) is 23.0 Å². The van der Waals surface area contributed by atoms with Crippen molar-refractivity contribution in [2.45, 2.75) is 89.8 Å². The molecule has 0 radical (unpaired) electrons. The Hall–Kier alpha value is -8.46. The third-order valence-electron chi connectivity index (χ3n) is 13.4. The number of nitrogens with one attached hydrogen (secondary N) is 4. The summed E-state index contributed by atoms with van der Waals surface area (Å²) in [5.74, 6) is -2.22. The number of anilines is 4. The van der Waals surface area contributed by atoms with Crippen LogP contribution >= 0.6 is 0 Å². The second-order valence-electron chi connectivity index (χ2n) is 19.0. The lowest BCUT2D eigenvalue weighted by Gasteiger charge is -2.23. The second-order valence-corrected chi connectivity index (χ2v) is 20.5. The predicted octanol–water partition coefficient (Wildman–Crippen LogP) is 6.16. The van der Waals surface area contributed by atoms with E-state index in [1.54, 1.807) is 46.3 Å². The van der Waals surface area contributed by atoms with E-state index in [1.165, 1.54) is 40.2 Å². The smallest absolute Gasteiger partial charge is 0.306 e. The first kappa shape index (κ1) is 52.4. The van der Waals surface area contributed by atoms with E-state index >= 15 is 0 Å². The molecule has 0 saturated heterocycles. The molecular formula is C55H57N7O13S. The number of nitrogens with zero attached hydrogens (tertiary/aromatic N) is 3. The number of hydrogen-bond acceptors (Lipinski definition) is 15. The molecule has 4 atom stereocenters. The van der Waals surface area contributed by atoms with Crippen molar-refractivity contribution >= 4 is 80.3 Å². The summed E-state index contributed by atoms with van der Waals surface area (Å²) in [7, 11) is -1.38. The minimum atomic E-state index is -4.13. The van der Waals surface area contributed by atoms with Crippen LogP contribution in [0.3, 0.4) is 0 Å². The summed E-state index contributed by atoms with van der Waals surface area (Å²) in [6.45, 7) is 3.06. The first-order valence-corrected chi connectivity index (χ1v) is 26.5. The third kappa shape index (κ3) is 11.6. The topological polar surface area (TPSA) is 250 Å². The van der Waals surface area contributed by atoms with Gasteiger partial charge in [-0.05, 0) is 91.8 Å². The van der Waals surface area contributed by atoms with Gasteiger partial charge in [0.05, 0.1) is 55.1 Å². The van der Waals surface area contributed by atoms with Gasteiger partial charge < -0.3 is 49.3 Å². The number of esters is 1. The van der Waals surface area contributed by atoms with Crippen LogP contribution in [-0.4, -0.2) is 101 Å². The van der Waals surface area contributed by atoms with E-state index in [0.717, 1.165) is 28.8 Å². The van der Waals surface area contributed by atoms with Gasteiger partial charge in [0.2, 0.25) is 17.7 Å². The fraction of sp³-hybridized carbons (Fsp3) is 0.327. The van der Waals surface area contributed by atoms with E-state index in [4.69, 9.17) is 23.4 Å². The largest absolute Gasteiger partial charge is 0.493 e. The molecule has 21 heteroatoms. The molecule has 0 fully saturated rings. The molecule has 4 aliphatic rings. The summed E-state index contributed by atoms with van der Waals surface area (Å²) in [5.41, 5.74) is 6.24. The van der Waals surface area contributed by atoms with Crippen LogP contribution in [0, 0.1) is 0 Å². The number of amides is 5. The Morgan fingerprint density at radius 2 is 1.34 bits per heavy atom. The van der Waals surface area contributed by atoms with Gasteiger partial charge in [0, 0.05) is 67.3 Å². The lowest BCUT2D eigenvalue weighted by atomic mass is 10.1. The highest BCUT2D eigenvalue weighted by Gasteiger charge is 2.39. The van der Waals surface area contributed by atoms with Crippen LogP contribution in [0.1, 0.15) is 82.5 Å². The van der Waals surface area contributed by atoms with Crippen molar-refractivity contribution in [1.82, 2.24) is 10.6 Å². The maximum atomic E-state index is 14.2. The van der Waals surface area contributed by atoms with Gasteiger partial charge >= 0.3 is 16.1 Å². The van der Waals surface area contributed by atoms with Crippen LogP contribution in [0.4, 0.5) is 28.4 Å². The normalized spacial score (nSPS) is 16.6. The molecular weight excluding hydrogens is 999 g/mol. The molecule has 5 aromatic carbocycles. The van der Waals surface area contributed by atoms with Crippen LogP contribution in [0.15, 0.2) is 96.0 Å². The number of ether oxygens (including phenoxy) is 4. The number of rotatable bonds is 19. The number of aliphatic imine (C=N–C) groups is 1. The molecule has 0 aromatic heterocycles. The van der Waals surface area contributed by atoms with Crippen molar-refractivity contribution < 1.29 is 60.3 Å². The minimum absolute atomic E-state index is 0.00619. The van der Waals surface area contributed by atoms with Gasteiger partial charge in [0.1, 0.15) is 25.3 Å². The molecule has 4 heterocycles. The zero-order valence-electron chi connectivity index (χ0n) is 42.5. The molecule has 20 nitrogen and oxygen atoms in total. The van der Waals surface area contributed by atoms with Gasteiger partial charge in [-0.2, -0.15) is 8.42 Å². The first-order chi connectivity index (χ1) is 36.5. The molecule has 0 unspecified atom stereocenters. The number of fused-ring (bicyclic) bond motifs is 8. The third-order valence-corrected chi connectivity index (χ3v) is 13.9. The summed E-state index contributed by atoms with van der Waals surface area (Å²) in [5, 5.41) is 11.4. The maximum Gasteiger partial charge on any atom is 0.306 e. The lowest BCUT2D eigenvalue weighted by Crippen LogP contribution is -2.50. The quantitative estimate of drug-likeness (QED) is 0.0411. The zero-order chi connectivity index (χ0) is 53.8. The van der Waals surface area contributed by atoms with Gasteiger partial charge in [-0.1, -0.05) is 36.4 Å². The highest BCUT2D eigenvalue weighted by molar-refractivity contribution is 7.86. The lowest BCUT2D eigenvalue weighted by molar-refractivity contribution is -0.140. The van der Waals surface area contributed by atoms with E-state index in [-0.39, 0.29) is 90.2 Å². The predicted molar refractivity (Wildman–Crippen MR) is 282 cm³/mol. The Labute approximate surface area is 439 Å². The van der Waals surface area contributed by atoms with Gasteiger partial charge in [-0.15, -0.1) is 0 Å². The average Bonchev–Trinajstić information content (AvgIpc) is 3.91. The fourth-order valence-corrected chi connectivity index (χ4v) is 10.1. The van der Waals surface area contributed by atoms with Crippen molar-refractivity contribution in [3.8, 4) is 23.0 Å². The SMILES string of the molecule is COC(=O)CCCCC(=O)N[C@@H](C)C(=O)N[C@@H](C)C(=O)Nc1cc(COc2cc3c(cc2OC)C(=O)N2c4ccccc4C[C@H]2C=N3)cc(COc2cc3c(cc2OS(C)(=O)=O)C(=O)N2c4ccccc4C[C@H]2CN3)c1. The number of unbranched alkanes of at least 4 members (excludes halogenated alkanes) is 1. The van der Waals surface area contributed by atoms with Gasteiger partial charge in [0.15, 0.2) is 23.0 Å². The summed E-state index contributed by atoms with van der Waals surface area (Å²) < 4.78 is 53.8. The van der Waals surface area contributed by atoms with E-state index in [2.05, 4.69) is 26.0 Å². The van der Waals surface area contributed by atoms with Gasteiger partial charge in [-0.3, -0.25) is 38.7 Å². The van der Waals surface area contributed by atoms with Crippen LogP contribution in [0.2, 0.25) is 0 Å². The number of hydrogen-bond donors (Lipinski definition) is 4. The number of carbonyl (C=O) groups is 6. The first-order valence-electron chi connectivity index (χ1n) is 24.7. The minimum Gasteiger partial charge on any atom is -0.493 e. The number of para-hydroxylation sites is 2. The van der Waals surface area contributed by atoms with E-state index in [0.29, 0.717) is 60.3 Å². The maximum absolute atomic E-state index is 14.2. The Kier molecular flexibility index (Phi) is 15.3. The van der Waals surface area contributed by atoms with Gasteiger partial charge in [0.25, 0.3) is 11.8 Å². The average molecular weight is 1060 g/mol. The van der Waals surface area contributed by atoms with Crippen molar-refractivity contribution in [2.75, 3.05) is 47.5 Å². The van der Waals surface area contributed by atoms with Crippen LogP contribution in [-0.2, 0) is 60.1 Å². The number of methoxy groups -OCH3 is 2. The zero-order valence-corrected chi connectivity index (χ0v) is 43.3. The molecule has 396 valence electrons. The Morgan fingerprint density at radius 1 is 0.724 bits per heavy atom. The van der Waals surface area contributed by atoms with Crippen LogP contribution < -0.4 is 49.5 Å². The van der Waals surface area contributed by atoms with E-state index < -0.39 is 39.9 Å². The molecule has 5 amide bonds. The summed E-state index contributed by atoms with van der Waals surface area (Å²) >= 11 is 0. The summed E-state index contributed by atoms with van der Waals surface area (Å²) in [4.78, 5) is 87.3. The van der Waals surface area contributed by atoms with Crippen molar-refractivity contribution in [3.05, 3.63) is 124 Å². The van der Waals surface area contributed by atoms with Crippen molar-refractivity contribution in [3.63, 3.8) is 0 Å². The van der Waals surface area contributed by atoms with Gasteiger partial charge in [-0.25, -0.2) is 0 Å². The number of carbonyl (C=O) groups excluding carboxylic acids is 6. The number of benzene rings is 5. The fourth-order valence-electron chi connectivity index (χ4n) is 9.68. The monoisotopic (exact) mass is 1060 g/mol. The molecule has 0 spiro atoms. The molecule has 0 bridgehead atoms. The molecule has 5 aromatic rings. The Morgan fingerprint density at radius 3 is 2.03 bits per heavy atom.